The van der Waals surface area contributed by atoms with E-state index >= 15 is 0 Å². The van der Waals surface area contributed by atoms with Crippen LogP contribution in [0.2, 0.25) is 5.02 Å². The smallest absolute Gasteiger partial charge is 0.138 e. The van der Waals surface area contributed by atoms with E-state index in [0.717, 1.165) is 34.8 Å². The average molecular weight is 369 g/mol. The largest absolute Gasteiger partial charge is 0.495 e. The van der Waals surface area contributed by atoms with Gasteiger partial charge in [-0.3, -0.25) is 0 Å². The van der Waals surface area contributed by atoms with Gasteiger partial charge in [0.25, 0.3) is 0 Å². The van der Waals surface area contributed by atoms with E-state index in [1.807, 2.05) is 38.1 Å². The summed E-state index contributed by atoms with van der Waals surface area (Å²) in [6, 6.07) is 12.0. The number of nitrogens with zero attached hydrogens (tertiary/aromatic N) is 2. The Hall–Kier alpha value is -2.52. The van der Waals surface area contributed by atoms with Gasteiger partial charge in [0.15, 0.2) is 0 Å². The molecular weight excluding hydrogens is 344 g/mol. The number of methoxy groups -OCH3 is 1. The first kappa shape index (κ1) is 19.8. The van der Waals surface area contributed by atoms with E-state index in [1.165, 1.54) is 0 Å². The van der Waals surface area contributed by atoms with E-state index in [0.29, 0.717) is 10.8 Å². The summed E-state index contributed by atoms with van der Waals surface area (Å²) in [6.07, 6.45) is 5.78. The molecule has 1 aliphatic heterocycles. The molecule has 4 heteroatoms. The lowest BCUT2D eigenvalue weighted by Crippen LogP contribution is -2.23. The van der Waals surface area contributed by atoms with E-state index in [1.54, 1.807) is 19.4 Å². The van der Waals surface area contributed by atoms with Crippen LogP contribution in [-0.4, -0.2) is 23.5 Å². The second-order valence-corrected chi connectivity index (χ2v) is 5.81. The van der Waals surface area contributed by atoms with Crippen molar-refractivity contribution >= 4 is 22.9 Å². The Kier molecular flexibility index (Phi) is 7.05. The number of allylic oxidation sites excluding steroid dienone is 3. The van der Waals surface area contributed by atoms with Crippen LogP contribution in [0.1, 0.15) is 32.0 Å². The SMILES string of the molecule is C=C1C=CC(c2ccccc2)=C(c2ncc(OC)cc2Cl)N1CC.CC. The Balaban J connectivity index is 0.00000117. The molecule has 0 aliphatic carbocycles. The molecule has 0 radical (unpaired) electrons. The third-order valence-electron chi connectivity index (χ3n) is 3.99. The number of likely N-dealkylation sites (N-methyl/N-ethyl adjacent to an activating group) is 1. The monoisotopic (exact) mass is 368 g/mol. The van der Waals surface area contributed by atoms with E-state index in [2.05, 4.69) is 41.6 Å². The molecule has 26 heavy (non-hydrogen) atoms. The van der Waals surface area contributed by atoms with E-state index in [9.17, 15) is 0 Å². The highest BCUT2D eigenvalue weighted by atomic mass is 35.5. The number of rotatable bonds is 4. The molecule has 0 unspecified atom stereocenters. The number of pyridine rings is 1. The van der Waals surface area contributed by atoms with Crippen molar-refractivity contribution < 1.29 is 4.74 Å². The van der Waals surface area contributed by atoms with Gasteiger partial charge in [-0.15, -0.1) is 0 Å². The molecule has 1 aromatic heterocycles. The predicted octanol–water partition coefficient (Wildman–Crippen LogP) is 6.04. The molecule has 0 spiro atoms. The van der Waals surface area contributed by atoms with Crippen molar-refractivity contribution in [2.75, 3.05) is 13.7 Å². The summed E-state index contributed by atoms with van der Waals surface area (Å²) in [7, 11) is 1.60. The maximum absolute atomic E-state index is 6.51. The van der Waals surface area contributed by atoms with Gasteiger partial charge in [-0.1, -0.05) is 68.4 Å². The fourth-order valence-electron chi connectivity index (χ4n) is 2.81. The minimum atomic E-state index is 0.555. The molecule has 2 heterocycles. The molecule has 3 nitrogen and oxygen atoms in total. The zero-order valence-electron chi connectivity index (χ0n) is 15.8. The summed E-state index contributed by atoms with van der Waals surface area (Å²) in [6.45, 7) is 11.0. The highest BCUT2D eigenvalue weighted by Gasteiger charge is 2.24. The van der Waals surface area contributed by atoms with Crippen LogP contribution < -0.4 is 4.74 Å². The molecule has 1 aromatic carbocycles. The molecule has 0 fully saturated rings. The second-order valence-electron chi connectivity index (χ2n) is 5.40. The van der Waals surface area contributed by atoms with Gasteiger partial charge in [0.2, 0.25) is 0 Å². The molecule has 0 bridgehead atoms. The Bertz CT molecular complexity index is 825. The lowest BCUT2D eigenvalue weighted by molar-refractivity contribution is 0.412. The highest BCUT2D eigenvalue weighted by Crippen LogP contribution is 2.38. The number of ether oxygens (including phenoxy) is 1. The standard InChI is InChI=1S/C20H19ClN2O.C2H6/c1-4-23-14(2)10-11-17(15-8-6-5-7-9-15)20(23)19-18(21)12-16(24-3)13-22-19;1-2/h5-13H,2,4H2,1,3H3;1-2H3. The summed E-state index contributed by atoms with van der Waals surface area (Å²) in [5.41, 5.74) is 4.79. The summed E-state index contributed by atoms with van der Waals surface area (Å²) < 4.78 is 5.21. The summed E-state index contributed by atoms with van der Waals surface area (Å²) in [5.74, 6) is 0.638. The summed E-state index contributed by atoms with van der Waals surface area (Å²) in [4.78, 5) is 6.68. The van der Waals surface area contributed by atoms with Gasteiger partial charge in [0.05, 0.1) is 24.0 Å². The van der Waals surface area contributed by atoms with Crippen molar-refractivity contribution in [3.63, 3.8) is 0 Å². The molecule has 0 N–H and O–H groups in total. The lowest BCUT2D eigenvalue weighted by atomic mass is 9.97. The minimum absolute atomic E-state index is 0.555. The molecular formula is C22H25ClN2O. The summed E-state index contributed by atoms with van der Waals surface area (Å²) in [5, 5.41) is 0.555. The molecule has 0 saturated heterocycles. The Morgan fingerprint density at radius 1 is 1.15 bits per heavy atom. The maximum atomic E-state index is 6.51. The van der Waals surface area contributed by atoms with Crippen molar-refractivity contribution in [1.82, 2.24) is 9.88 Å². The van der Waals surface area contributed by atoms with Crippen molar-refractivity contribution in [3.8, 4) is 5.75 Å². The zero-order valence-corrected chi connectivity index (χ0v) is 16.5. The van der Waals surface area contributed by atoms with Crippen LogP contribution in [0.4, 0.5) is 0 Å². The fourth-order valence-corrected chi connectivity index (χ4v) is 3.06. The first-order valence-corrected chi connectivity index (χ1v) is 9.17. The summed E-state index contributed by atoms with van der Waals surface area (Å²) >= 11 is 6.51. The Morgan fingerprint density at radius 2 is 1.85 bits per heavy atom. The van der Waals surface area contributed by atoms with Gasteiger partial charge >= 0.3 is 0 Å². The van der Waals surface area contributed by atoms with Gasteiger partial charge in [-0.05, 0) is 18.6 Å². The van der Waals surface area contributed by atoms with Crippen molar-refractivity contribution in [2.24, 2.45) is 0 Å². The van der Waals surface area contributed by atoms with E-state index in [-0.39, 0.29) is 0 Å². The van der Waals surface area contributed by atoms with Crippen molar-refractivity contribution in [1.29, 1.82) is 0 Å². The van der Waals surface area contributed by atoms with Gasteiger partial charge < -0.3 is 9.64 Å². The topological polar surface area (TPSA) is 25.4 Å². The number of halogens is 1. The molecule has 0 amide bonds. The molecule has 1 aliphatic rings. The number of aromatic nitrogens is 1. The normalized spacial score (nSPS) is 13.4. The fraction of sp³-hybridized carbons (Fsp3) is 0.227. The molecule has 136 valence electrons. The molecule has 3 rings (SSSR count). The highest BCUT2D eigenvalue weighted by molar-refractivity contribution is 6.32. The van der Waals surface area contributed by atoms with Crippen LogP contribution in [0.25, 0.3) is 11.3 Å². The van der Waals surface area contributed by atoms with Crippen LogP contribution in [0.3, 0.4) is 0 Å². The average Bonchev–Trinajstić information content (AvgIpc) is 2.70. The lowest BCUT2D eigenvalue weighted by Gasteiger charge is -2.31. The number of hydrogen-bond donors (Lipinski definition) is 0. The van der Waals surface area contributed by atoms with Crippen molar-refractivity contribution in [2.45, 2.75) is 20.8 Å². The van der Waals surface area contributed by atoms with Crippen LogP contribution >= 0.6 is 11.6 Å². The molecule has 0 atom stereocenters. The van der Waals surface area contributed by atoms with Crippen LogP contribution in [0, 0.1) is 0 Å². The van der Waals surface area contributed by atoms with Gasteiger partial charge in [0, 0.05) is 23.9 Å². The number of benzene rings is 1. The third-order valence-corrected chi connectivity index (χ3v) is 4.28. The van der Waals surface area contributed by atoms with Gasteiger partial charge in [-0.2, -0.15) is 0 Å². The third kappa shape index (κ3) is 4.00. The predicted molar refractivity (Wildman–Crippen MR) is 111 cm³/mol. The van der Waals surface area contributed by atoms with E-state index < -0.39 is 0 Å². The Labute approximate surface area is 161 Å². The molecule has 2 aromatic rings. The van der Waals surface area contributed by atoms with Crippen LogP contribution in [-0.2, 0) is 0 Å². The number of hydrogen-bond acceptors (Lipinski definition) is 3. The Morgan fingerprint density at radius 3 is 2.42 bits per heavy atom. The first-order valence-electron chi connectivity index (χ1n) is 8.79. The van der Waals surface area contributed by atoms with Crippen molar-refractivity contribution in [3.05, 3.63) is 83.3 Å². The van der Waals surface area contributed by atoms with E-state index in [4.69, 9.17) is 16.3 Å². The van der Waals surface area contributed by atoms with Crippen LogP contribution in [0.5, 0.6) is 5.75 Å². The quantitative estimate of drug-likeness (QED) is 0.657. The van der Waals surface area contributed by atoms with Gasteiger partial charge in [-0.25, -0.2) is 4.98 Å². The van der Waals surface area contributed by atoms with Crippen LogP contribution in [0.15, 0.2) is 67.0 Å². The zero-order chi connectivity index (χ0) is 19.1. The minimum Gasteiger partial charge on any atom is -0.495 e. The maximum Gasteiger partial charge on any atom is 0.138 e. The van der Waals surface area contributed by atoms with Gasteiger partial charge in [0.1, 0.15) is 11.4 Å². The first-order chi connectivity index (χ1) is 12.7. The second kappa shape index (κ2) is 9.25. The molecule has 0 saturated carbocycles.